The van der Waals surface area contributed by atoms with Gasteiger partial charge in [-0.15, -0.1) is 0 Å². The van der Waals surface area contributed by atoms with Crippen molar-refractivity contribution in [3.8, 4) is 0 Å². The third kappa shape index (κ3) is 3.79. The van der Waals surface area contributed by atoms with Crippen molar-refractivity contribution in [1.82, 2.24) is 4.90 Å². The molecule has 2 aliphatic rings. The van der Waals surface area contributed by atoms with E-state index in [1.807, 2.05) is 17.0 Å². The van der Waals surface area contributed by atoms with Gasteiger partial charge in [-0.3, -0.25) is 4.79 Å². The number of hydrogen-bond acceptors (Lipinski definition) is 2. The molecule has 1 heterocycles. The molecule has 0 atom stereocenters. The monoisotopic (exact) mass is 304 g/mol. The van der Waals surface area contributed by atoms with E-state index >= 15 is 0 Å². The molecule has 1 amide bonds. The van der Waals surface area contributed by atoms with Crippen LogP contribution in [0.3, 0.4) is 0 Å². The Labute approximate surface area is 132 Å². The lowest BCUT2D eigenvalue weighted by Crippen LogP contribution is -2.48. The van der Waals surface area contributed by atoms with Gasteiger partial charge in [-0.05, 0) is 36.6 Å². The van der Waals surface area contributed by atoms with Gasteiger partial charge >= 0.3 is 0 Å². The predicted molar refractivity (Wildman–Crippen MR) is 86.4 cm³/mol. The zero-order valence-electron chi connectivity index (χ0n) is 13.1. The van der Waals surface area contributed by atoms with Gasteiger partial charge in [0.2, 0.25) is 5.91 Å². The van der Waals surface area contributed by atoms with Crippen LogP contribution in [0, 0.1) is 11.7 Å². The zero-order valence-corrected chi connectivity index (χ0v) is 13.1. The van der Waals surface area contributed by atoms with Crippen LogP contribution in [0.4, 0.5) is 10.1 Å². The van der Waals surface area contributed by atoms with Crippen molar-refractivity contribution in [3.05, 3.63) is 30.1 Å². The molecule has 120 valence electrons. The van der Waals surface area contributed by atoms with E-state index in [0.29, 0.717) is 12.3 Å². The Bertz CT molecular complexity index is 488. The lowest BCUT2D eigenvalue weighted by molar-refractivity contribution is -0.131. The number of nitrogens with zero attached hydrogens (tertiary/aromatic N) is 2. The maximum atomic E-state index is 13.0. The molecule has 1 saturated carbocycles. The molecule has 0 radical (unpaired) electrons. The summed E-state index contributed by atoms with van der Waals surface area (Å²) < 4.78 is 13.0. The summed E-state index contributed by atoms with van der Waals surface area (Å²) in [6, 6.07) is 6.61. The van der Waals surface area contributed by atoms with Gasteiger partial charge < -0.3 is 9.80 Å². The van der Waals surface area contributed by atoms with Crippen LogP contribution in [0.1, 0.15) is 38.5 Å². The summed E-state index contributed by atoms with van der Waals surface area (Å²) in [6.45, 7) is 3.23. The topological polar surface area (TPSA) is 23.6 Å². The lowest BCUT2D eigenvalue weighted by Gasteiger charge is -2.36. The molecule has 0 bridgehead atoms. The minimum atomic E-state index is -0.204. The molecule has 1 aromatic carbocycles. The first kappa shape index (κ1) is 15.3. The van der Waals surface area contributed by atoms with Crippen molar-refractivity contribution in [3.63, 3.8) is 0 Å². The van der Waals surface area contributed by atoms with Gasteiger partial charge in [0.05, 0.1) is 0 Å². The highest BCUT2D eigenvalue weighted by Gasteiger charge is 2.23. The molecule has 3 rings (SSSR count). The van der Waals surface area contributed by atoms with Gasteiger partial charge in [0, 0.05) is 38.3 Å². The first-order valence-corrected chi connectivity index (χ1v) is 8.50. The fourth-order valence-electron chi connectivity index (χ4n) is 3.65. The quantitative estimate of drug-likeness (QED) is 0.850. The van der Waals surface area contributed by atoms with Crippen molar-refractivity contribution in [2.75, 3.05) is 31.1 Å². The third-order valence-electron chi connectivity index (χ3n) is 5.07. The fraction of sp³-hybridized carbons (Fsp3) is 0.611. The van der Waals surface area contributed by atoms with Crippen molar-refractivity contribution < 1.29 is 9.18 Å². The number of halogens is 1. The van der Waals surface area contributed by atoms with Crippen LogP contribution in [0.2, 0.25) is 0 Å². The highest BCUT2D eigenvalue weighted by Crippen LogP contribution is 2.28. The molecule has 1 aromatic rings. The van der Waals surface area contributed by atoms with Gasteiger partial charge in [-0.1, -0.05) is 25.7 Å². The summed E-state index contributed by atoms with van der Waals surface area (Å²) >= 11 is 0. The third-order valence-corrected chi connectivity index (χ3v) is 5.07. The van der Waals surface area contributed by atoms with Crippen LogP contribution in [0.15, 0.2) is 24.3 Å². The van der Waals surface area contributed by atoms with Crippen LogP contribution in [0.5, 0.6) is 0 Å². The second kappa shape index (κ2) is 7.12. The Morgan fingerprint density at radius 3 is 2.32 bits per heavy atom. The second-order valence-electron chi connectivity index (χ2n) is 6.53. The second-order valence-corrected chi connectivity index (χ2v) is 6.53. The number of rotatable bonds is 4. The number of carbonyl (C=O) groups is 1. The van der Waals surface area contributed by atoms with E-state index in [-0.39, 0.29) is 5.82 Å². The van der Waals surface area contributed by atoms with Gasteiger partial charge in [0.15, 0.2) is 0 Å². The Morgan fingerprint density at radius 2 is 1.68 bits per heavy atom. The number of anilines is 1. The van der Waals surface area contributed by atoms with Gasteiger partial charge in [0.1, 0.15) is 5.82 Å². The normalized spacial score (nSPS) is 19.7. The van der Waals surface area contributed by atoms with Crippen LogP contribution >= 0.6 is 0 Å². The SMILES string of the molecule is O=C(CCC1CCCC1)N1CCN(c2ccc(F)cc2)CC1. The average molecular weight is 304 g/mol. The van der Waals surface area contributed by atoms with Crippen LogP contribution < -0.4 is 4.90 Å². The molecule has 3 nitrogen and oxygen atoms in total. The Morgan fingerprint density at radius 1 is 1.05 bits per heavy atom. The highest BCUT2D eigenvalue weighted by molar-refractivity contribution is 5.76. The number of hydrogen-bond donors (Lipinski definition) is 0. The van der Waals surface area contributed by atoms with Crippen molar-refractivity contribution in [1.29, 1.82) is 0 Å². The fourth-order valence-corrected chi connectivity index (χ4v) is 3.65. The molecule has 0 unspecified atom stereocenters. The number of benzene rings is 1. The standard InChI is InChI=1S/C18H25FN2O/c19-16-6-8-17(9-7-16)20-11-13-21(14-12-20)18(22)10-5-15-3-1-2-4-15/h6-9,15H,1-5,10-14H2. The van der Waals surface area contributed by atoms with E-state index in [2.05, 4.69) is 4.90 Å². The minimum absolute atomic E-state index is 0.204. The molecular weight excluding hydrogens is 279 g/mol. The van der Waals surface area contributed by atoms with E-state index < -0.39 is 0 Å². The van der Waals surface area contributed by atoms with Crippen LogP contribution in [0.25, 0.3) is 0 Å². The summed E-state index contributed by atoms with van der Waals surface area (Å²) in [6.07, 6.45) is 7.08. The Hall–Kier alpha value is -1.58. The summed E-state index contributed by atoms with van der Waals surface area (Å²) in [5.41, 5.74) is 1.04. The summed E-state index contributed by atoms with van der Waals surface area (Å²) in [5.74, 6) is 0.889. The van der Waals surface area contributed by atoms with Crippen LogP contribution in [-0.2, 0) is 4.79 Å². The molecule has 0 N–H and O–H groups in total. The van der Waals surface area contributed by atoms with E-state index in [9.17, 15) is 9.18 Å². The first-order chi connectivity index (χ1) is 10.7. The van der Waals surface area contributed by atoms with E-state index in [4.69, 9.17) is 0 Å². The van der Waals surface area contributed by atoms with Crippen LogP contribution in [-0.4, -0.2) is 37.0 Å². The van der Waals surface area contributed by atoms with Crippen molar-refractivity contribution in [2.45, 2.75) is 38.5 Å². The van der Waals surface area contributed by atoms with E-state index in [1.54, 1.807) is 0 Å². The Kier molecular flexibility index (Phi) is 4.96. The molecule has 4 heteroatoms. The zero-order chi connectivity index (χ0) is 15.4. The minimum Gasteiger partial charge on any atom is -0.368 e. The lowest BCUT2D eigenvalue weighted by atomic mass is 10.0. The molecule has 1 aliphatic heterocycles. The largest absolute Gasteiger partial charge is 0.368 e. The molecule has 0 aromatic heterocycles. The molecule has 0 spiro atoms. The summed E-state index contributed by atoms with van der Waals surface area (Å²) in [4.78, 5) is 16.5. The molecule has 1 saturated heterocycles. The molecule has 1 aliphatic carbocycles. The van der Waals surface area contributed by atoms with Gasteiger partial charge in [0.25, 0.3) is 0 Å². The van der Waals surface area contributed by atoms with E-state index in [0.717, 1.165) is 44.2 Å². The summed E-state index contributed by atoms with van der Waals surface area (Å²) in [7, 11) is 0. The maximum Gasteiger partial charge on any atom is 0.222 e. The van der Waals surface area contributed by atoms with Crippen molar-refractivity contribution >= 4 is 11.6 Å². The predicted octanol–water partition coefficient (Wildman–Crippen LogP) is 3.44. The summed E-state index contributed by atoms with van der Waals surface area (Å²) in [5, 5.41) is 0. The molecule has 2 fully saturated rings. The van der Waals surface area contributed by atoms with Gasteiger partial charge in [-0.25, -0.2) is 4.39 Å². The van der Waals surface area contributed by atoms with Crippen molar-refractivity contribution in [2.24, 2.45) is 5.92 Å². The number of amides is 1. The van der Waals surface area contributed by atoms with E-state index in [1.165, 1.54) is 37.8 Å². The highest BCUT2D eigenvalue weighted by atomic mass is 19.1. The number of carbonyl (C=O) groups excluding carboxylic acids is 1. The smallest absolute Gasteiger partial charge is 0.222 e. The maximum absolute atomic E-state index is 13.0. The molecule has 22 heavy (non-hydrogen) atoms. The first-order valence-electron chi connectivity index (χ1n) is 8.50. The molecular formula is C18H25FN2O. The Balaban J connectivity index is 1.44. The average Bonchev–Trinajstić information content (AvgIpc) is 3.07. The number of piperazine rings is 1. The van der Waals surface area contributed by atoms with Gasteiger partial charge in [-0.2, -0.15) is 0 Å².